The topological polar surface area (TPSA) is 57.6 Å². The van der Waals surface area contributed by atoms with Crippen LogP contribution in [0, 0.1) is 0 Å². The Morgan fingerprint density at radius 1 is 0.848 bits per heavy atom. The van der Waals surface area contributed by atoms with E-state index in [9.17, 15) is 14.7 Å². The number of rotatable bonds is 5. The molecule has 0 saturated heterocycles. The average Bonchev–Trinajstić information content (AvgIpc) is 3.35. The highest BCUT2D eigenvalue weighted by Gasteiger charge is 2.50. The van der Waals surface area contributed by atoms with Crippen molar-refractivity contribution in [3.63, 3.8) is 0 Å². The Hall–Kier alpha value is -3.76. The van der Waals surface area contributed by atoms with Gasteiger partial charge in [-0.05, 0) is 46.4 Å². The minimum Gasteiger partial charge on any atom is -0.375 e. The minimum atomic E-state index is -1.88. The largest absolute Gasteiger partial charge is 0.375 e. The molecule has 0 unspecified atom stereocenters. The third-order valence-electron chi connectivity index (χ3n) is 7.02. The van der Waals surface area contributed by atoms with Crippen molar-refractivity contribution >= 4 is 28.2 Å². The molecule has 33 heavy (non-hydrogen) atoms. The van der Waals surface area contributed by atoms with Gasteiger partial charge in [0.05, 0.1) is 18.7 Å². The van der Waals surface area contributed by atoms with Crippen LogP contribution in [0.25, 0.3) is 10.8 Å². The molecule has 4 aromatic carbocycles. The van der Waals surface area contributed by atoms with Gasteiger partial charge >= 0.3 is 0 Å². The lowest BCUT2D eigenvalue weighted by Crippen LogP contribution is -2.41. The zero-order valence-corrected chi connectivity index (χ0v) is 18.1. The molecule has 1 heterocycles. The van der Waals surface area contributed by atoms with Gasteiger partial charge in [-0.3, -0.25) is 9.59 Å². The molecular formula is C29H23NO3. The fourth-order valence-electron chi connectivity index (χ4n) is 5.42. The van der Waals surface area contributed by atoms with Crippen LogP contribution >= 0.6 is 0 Å². The van der Waals surface area contributed by atoms with Crippen molar-refractivity contribution in [2.45, 2.75) is 31.4 Å². The number of fused-ring (bicyclic) bond motifs is 1. The lowest BCUT2D eigenvalue weighted by Gasteiger charge is -2.23. The summed E-state index contributed by atoms with van der Waals surface area (Å²) in [4.78, 5) is 28.7. The van der Waals surface area contributed by atoms with Crippen LogP contribution < -0.4 is 4.90 Å². The fourth-order valence-corrected chi connectivity index (χ4v) is 5.42. The molecule has 0 bridgehead atoms. The number of carbonyl (C=O) groups excluding carboxylic acids is 2. The molecule has 1 aliphatic heterocycles. The number of amides is 1. The third-order valence-corrected chi connectivity index (χ3v) is 7.02. The number of ketones is 1. The normalized spacial score (nSPS) is 18.7. The lowest BCUT2D eigenvalue weighted by atomic mass is 9.86. The van der Waals surface area contributed by atoms with Gasteiger partial charge in [-0.2, -0.15) is 0 Å². The second-order valence-corrected chi connectivity index (χ2v) is 8.97. The third kappa shape index (κ3) is 3.02. The van der Waals surface area contributed by atoms with Crippen molar-refractivity contribution in [1.82, 2.24) is 0 Å². The summed E-state index contributed by atoms with van der Waals surface area (Å²) in [6, 6.07) is 26.8. The summed E-state index contributed by atoms with van der Waals surface area (Å²) in [6.45, 7) is 0.341. The Bertz CT molecular complexity index is 1420. The Morgan fingerprint density at radius 2 is 1.58 bits per heavy atom. The molecule has 1 aliphatic carbocycles. The van der Waals surface area contributed by atoms with E-state index in [0.29, 0.717) is 23.4 Å². The number of aryl methyl sites for hydroxylation is 2. The molecule has 6 rings (SSSR count). The van der Waals surface area contributed by atoms with E-state index in [1.54, 1.807) is 17.0 Å². The van der Waals surface area contributed by atoms with E-state index in [-0.39, 0.29) is 12.2 Å². The van der Waals surface area contributed by atoms with Crippen LogP contribution in [0.5, 0.6) is 0 Å². The second kappa shape index (κ2) is 7.39. The molecule has 1 amide bonds. The van der Waals surface area contributed by atoms with Crippen molar-refractivity contribution in [3.05, 3.63) is 113 Å². The highest BCUT2D eigenvalue weighted by molar-refractivity contribution is 6.14. The van der Waals surface area contributed by atoms with E-state index in [2.05, 4.69) is 6.07 Å². The SMILES string of the molecule is O=C(C[C@@]1(O)C(=O)N(Cc2ccccc2)c2ccccc21)c1ccc2c3c(cccc13)CC2. The highest BCUT2D eigenvalue weighted by Crippen LogP contribution is 2.44. The molecule has 0 saturated carbocycles. The van der Waals surface area contributed by atoms with Gasteiger partial charge in [0.25, 0.3) is 5.91 Å². The van der Waals surface area contributed by atoms with E-state index in [0.717, 1.165) is 29.2 Å². The first-order chi connectivity index (χ1) is 16.1. The lowest BCUT2D eigenvalue weighted by molar-refractivity contribution is -0.136. The van der Waals surface area contributed by atoms with E-state index in [4.69, 9.17) is 0 Å². The highest BCUT2D eigenvalue weighted by atomic mass is 16.3. The smallest absolute Gasteiger partial charge is 0.264 e. The predicted molar refractivity (Wildman–Crippen MR) is 128 cm³/mol. The number of benzene rings is 4. The molecule has 2 aliphatic rings. The molecule has 4 nitrogen and oxygen atoms in total. The van der Waals surface area contributed by atoms with Gasteiger partial charge in [-0.1, -0.05) is 78.9 Å². The fraction of sp³-hybridized carbons (Fsp3) is 0.172. The van der Waals surface area contributed by atoms with Crippen molar-refractivity contribution in [3.8, 4) is 0 Å². The van der Waals surface area contributed by atoms with Gasteiger partial charge in [0.2, 0.25) is 0 Å². The maximum atomic E-state index is 13.6. The molecule has 162 valence electrons. The second-order valence-electron chi connectivity index (χ2n) is 8.97. The summed E-state index contributed by atoms with van der Waals surface area (Å²) < 4.78 is 0. The van der Waals surface area contributed by atoms with E-state index in [1.807, 2.05) is 66.7 Å². The molecular weight excluding hydrogens is 410 g/mol. The van der Waals surface area contributed by atoms with Gasteiger partial charge in [-0.25, -0.2) is 0 Å². The Labute approximate surface area is 192 Å². The Kier molecular flexibility index (Phi) is 4.46. The molecule has 0 aromatic heterocycles. The zero-order valence-electron chi connectivity index (χ0n) is 18.1. The quantitative estimate of drug-likeness (QED) is 0.453. The van der Waals surface area contributed by atoms with Crippen molar-refractivity contribution in [2.75, 3.05) is 4.90 Å². The summed E-state index contributed by atoms with van der Waals surface area (Å²) in [6.07, 6.45) is 1.68. The van der Waals surface area contributed by atoms with Crippen LogP contribution in [0.2, 0.25) is 0 Å². The van der Waals surface area contributed by atoms with Crippen LogP contribution in [0.1, 0.15) is 39.0 Å². The maximum absolute atomic E-state index is 13.6. The van der Waals surface area contributed by atoms with Crippen molar-refractivity contribution in [2.24, 2.45) is 0 Å². The monoisotopic (exact) mass is 433 g/mol. The van der Waals surface area contributed by atoms with Crippen molar-refractivity contribution in [1.29, 1.82) is 0 Å². The Balaban J connectivity index is 1.38. The number of anilines is 1. The van der Waals surface area contributed by atoms with Gasteiger partial charge in [0.15, 0.2) is 11.4 Å². The molecule has 4 aromatic rings. The number of hydrogen-bond donors (Lipinski definition) is 1. The number of carbonyl (C=O) groups is 2. The molecule has 0 radical (unpaired) electrons. The minimum absolute atomic E-state index is 0.224. The van der Waals surface area contributed by atoms with Crippen LogP contribution in [-0.4, -0.2) is 16.8 Å². The molecule has 1 atom stereocenters. The zero-order chi connectivity index (χ0) is 22.6. The first-order valence-corrected chi connectivity index (χ1v) is 11.3. The molecule has 4 heteroatoms. The average molecular weight is 434 g/mol. The van der Waals surface area contributed by atoms with Gasteiger partial charge in [0.1, 0.15) is 0 Å². The van der Waals surface area contributed by atoms with Crippen molar-refractivity contribution < 1.29 is 14.7 Å². The van der Waals surface area contributed by atoms with Crippen LogP contribution in [0.15, 0.2) is 84.9 Å². The summed E-state index contributed by atoms with van der Waals surface area (Å²) in [5.74, 6) is -0.676. The van der Waals surface area contributed by atoms with Crippen LogP contribution in [0.4, 0.5) is 5.69 Å². The summed E-state index contributed by atoms with van der Waals surface area (Å²) >= 11 is 0. The predicted octanol–water partition coefficient (Wildman–Crippen LogP) is 4.95. The Morgan fingerprint density at radius 3 is 2.39 bits per heavy atom. The number of Topliss-reactive ketones (excluding diaryl/α,β-unsaturated/α-hetero) is 1. The molecule has 1 N–H and O–H groups in total. The van der Waals surface area contributed by atoms with Gasteiger partial charge in [0, 0.05) is 11.1 Å². The number of hydrogen-bond acceptors (Lipinski definition) is 3. The molecule has 0 spiro atoms. The molecule has 0 fully saturated rings. The first kappa shape index (κ1) is 19.9. The van der Waals surface area contributed by atoms with Crippen LogP contribution in [-0.2, 0) is 29.8 Å². The van der Waals surface area contributed by atoms with E-state index < -0.39 is 11.5 Å². The van der Waals surface area contributed by atoms with E-state index >= 15 is 0 Å². The van der Waals surface area contributed by atoms with Crippen LogP contribution in [0.3, 0.4) is 0 Å². The van der Waals surface area contributed by atoms with E-state index in [1.165, 1.54) is 11.1 Å². The number of aliphatic hydroxyl groups is 1. The maximum Gasteiger partial charge on any atom is 0.264 e. The number of nitrogens with zero attached hydrogens (tertiary/aromatic N) is 1. The summed E-state index contributed by atoms with van der Waals surface area (Å²) in [7, 11) is 0. The number of para-hydroxylation sites is 1. The first-order valence-electron chi connectivity index (χ1n) is 11.3. The van der Waals surface area contributed by atoms with Gasteiger partial charge < -0.3 is 10.0 Å². The standard InChI is InChI=1S/C29H23NO3/c31-26(22-16-15-21-14-13-20-9-6-10-23(22)27(20)21)17-29(33)24-11-4-5-12-25(24)30(28(29)32)18-19-7-2-1-3-8-19/h1-12,15-16,33H,13-14,17-18H2/t29-/m0/s1. The van der Waals surface area contributed by atoms with Gasteiger partial charge in [-0.15, -0.1) is 0 Å². The summed E-state index contributed by atoms with van der Waals surface area (Å²) in [5, 5.41) is 13.7. The summed E-state index contributed by atoms with van der Waals surface area (Å²) in [5.41, 5.74) is 3.30.